The minimum absolute atomic E-state index is 0.303. The number of H-pyrrole nitrogens is 1. The van der Waals surface area contributed by atoms with Crippen molar-refractivity contribution in [3.8, 4) is 0 Å². The van der Waals surface area contributed by atoms with Crippen LogP contribution < -0.4 is 11.2 Å². The maximum Gasteiger partial charge on any atom is 0.330 e. The summed E-state index contributed by atoms with van der Waals surface area (Å²) in [5.41, 5.74) is -1.05. The van der Waals surface area contributed by atoms with Crippen LogP contribution in [0.3, 0.4) is 0 Å². The molecule has 8 heteroatoms. The largest absolute Gasteiger partial charge is 0.394 e. The Bertz CT molecular complexity index is 569. The third-order valence-electron chi connectivity index (χ3n) is 3.17. The summed E-state index contributed by atoms with van der Waals surface area (Å²) in [7, 11) is 0. The van der Waals surface area contributed by atoms with Gasteiger partial charge in [0.1, 0.15) is 12.2 Å². The van der Waals surface area contributed by atoms with E-state index in [0.717, 1.165) is 4.57 Å². The Hall–Kier alpha value is -1.51. The van der Waals surface area contributed by atoms with E-state index in [1.807, 2.05) is 0 Å². The number of halogens is 1. The van der Waals surface area contributed by atoms with Crippen molar-refractivity contribution in [2.24, 2.45) is 0 Å². The van der Waals surface area contributed by atoms with Crippen LogP contribution in [-0.4, -0.2) is 44.8 Å². The lowest BCUT2D eigenvalue weighted by Gasteiger charge is -2.16. The second kappa shape index (κ2) is 5.24. The molecule has 0 radical (unpaired) electrons. The lowest BCUT2D eigenvalue weighted by atomic mass is 10.1. The standard InChI is InChI=1S/C11H15FN2O5/c1-2-5-3-14(11(18)13-9(5)17)10-7(12)8(16)6(4-15)19-10/h3,6-8,10,15-16H,2,4H2,1H3,(H,13,17,18)/t6-,7+,8+,10-/m1/s1. The number of rotatable bonds is 3. The number of nitrogens with one attached hydrogen (secondary N) is 1. The third-order valence-corrected chi connectivity index (χ3v) is 3.17. The Morgan fingerprint density at radius 1 is 1.53 bits per heavy atom. The number of nitrogens with zero attached hydrogens (tertiary/aromatic N) is 1. The van der Waals surface area contributed by atoms with E-state index < -0.39 is 42.5 Å². The predicted molar refractivity (Wildman–Crippen MR) is 62.6 cm³/mol. The number of aromatic amines is 1. The molecule has 0 saturated carbocycles. The summed E-state index contributed by atoms with van der Waals surface area (Å²) in [4.78, 5) is 25.1. The maximum atomic E-state index is 13.9. The summed E-state index contributed by atoms with van der Waals surface area (Å²) < 4.78 is 19.9. The molecule has 0 unspecified atom stereocenters. The molecule has 106 valence electrons. The van der Waals surface area contributed by atoms with Gasteiger partial charge in [0.25, 0.3) is 5.56 Å². The van der Waals surface area contributed by atoms with Crippen LogP contribution in [0.15, 0.2) is 15.8 Å². The van der Waals surface area contributed by atoms with Gasteiger partial charge < -0.3 is 14.9 Å². The highest BCUT2D eigenvalue weighted by Gasteiger charge is 2.45. The summed E-state index contributed by atoms with van der Waals surface area (Å²) in [6.45, 7) is 1.16. The molecule has 0 bridgehead atoms. The highest BCUT2D eigenvalue weighted by atomic mass is 19.1. The molecule has 3 N–H and O–H groups in total. The molecule has 1 aromatic heterocycles. The van der Waals surface area contributed by atoms with Crippen LogP contribution in [0, 0.1) is 0 Å². The molecule has 0 aliphatic carbocycles. The van der Waals surface area contributed by atoms with Gasteiger partial charge in [0, 0.05) is 11.8 Å². The van der Waals surface area contributed by atoms with E-state index in [9.17, 15) is 19.1 Å². The van der Waals surface area contributed by atoms with Gasteiger partial charge in [-0.25, -0.2) is 9.18 Å². The van der Waals surface area contributed by atoms with Gasteiger partial charge in [-0.05, 0) is 6.42 Å². The quantitative estimate of drug-likeness (QED) is 0.634. The van der Waals surface area contributed by atoms with Crippen molar-refractivity contribution in [3.05, 3.63) is 32.6 Å². The number of aryl methyl sites for hydroxylation is 1. The van der Waals surface area contributed by atoms with Crippen molar-refractivity contribution in [1.29, 1.82) is 0 Å². The average Bonchev–Trinajstić information content (AvgIpc) is 2.67. The molecule has 0 aromatic carbocycles. The van der Waals surface area contributed by atoms with Crippen LogP contribution in [-0.2, 0) is 11.2 Å². The van der Waals surface area contributed by atoms with Gasteiger partial charge in [-0.2, -0.15) is 0 Å². The minimum atomic E-state index is -1.86. The van der Waals surface area contributed by atoms with Gasteiger partial charge in [0.15, 0.2) is 12.4 Å². The van der Waals surface area contributed by atoms with Gasteiger partial charge in [-0.3, -0.25) is 14.3 Å². The lowest BCUT2D eigenvalue weighted by molar-refractivity contribution is -0.0492. The van der Waals surface area contributed by atoms with Crippen molar-refractivity contribution >= 4 is 0 Å². The monoisotopic (exact) mass is 274 g/mol. The predicted octanol–water partition coefficient (Wildman–Crippen LogP) is -1.31. The molecule has 2 rings (SSSR count). The summed E-state index contributed by atoms with van der Waals surface area (Å²) in [5.74, 6) is 0. The highest BCUT2D eigenvalue weighted by Crippen LogP contribution is 2.30. The molecule has 1 saturated heterocycles. The van der Waals surface area contributed by atoms with E-state index in [1.165, 1.54) is 6.20 Å². The van der Waals surface area contributed by atoms with Gasteiger partial charge >= 0.3 is 5.69 Å². The first-order chi connectivity index (χ1) is 8.99. The van der Waals surface area contributed by atoms with Crippen LogP contribution in [0.25, 0.3) is 0 Å². The first-order valence-corrected chi connectivity index (χ1v) is 5.92. The van der Waals surface area contributed by atoms with Gasteiger partial charge in [-0.15, -0.1) is 0 Å². The smallest absolute Gasteiger partial charge is 0.330 e. The topological polar surface area (TPSA) is 105 Å². The molecule has 1 aliphatic heterocycles. The minimum Gasteiger partial charge on any atom is -0.394 e. The second-order valence-electron chi connectivity index (χ2n) is 4.36. The molecule has 1 aromatic rings. The molecule has 4 atom stereocenters. The molecular formula is C11H15FN2O5. The third kappa shape index (κ3) is 2.34. The summed E-state index contributed by atoms with van der Waals surface area (Å²) in [5, 5.41) is 18.5. The van der Waals surface area contributed by atoms with Crippen molar-refractivity contribution in [3.63, 3.8) is 0 Å². The Labute approximate surface area is 107 Å². The number of aliphatic hydroxyl groups excluding tert-OH is 2. The molecule has 1 aliphatic rings. The number of aromatic nitrogens is 2. The molecule has 2 heterocycles. The van der Waals surface area contributed by atoms with Crippen LogP contribution in [0.5, 0.6) is 0 Å². The molecule has 7 nitrogen and oxygen atoms in total. The molecule has 19 heavy (non-hydrogen) atoms. The van der Waals surface area contributed by atoms with Gasteiger partial charge in [-0.1, -0.05) is 6.92 Å². The van der Waals surface area contributed by atoms with Gasteiger partial charge in [0.05, 0.1) is 6.61 Å². The Morgan fingerprint density at radius 3 is 2.74 bits per heavy atom. The zero-order valence-corrected chi connectivity index (χ0v) is 10.2. The van der Waals surface area contributed by atoms with E-state index in [1.54, 1.807) is 6.92 Å². The normalized spacial score (nSPS) is 30.7. The zero-order chi connectivity index (χ0) is 14.2. The van der Waals surface area contributed by atoms with Crippen LogP contribution in [0.4, 0.5) is 4.39 Å². The van der Waals surface area contributed by atoms with E-state index in [4.69, 9.17) is 9.84 Å². The van der Waals surface area contributed by atoms with Crippen molar-refractivity contribution in [2.45, 2.75) is 38.0 Å². The van der Waals surface area contributed by atoms with Crippen molar-refractivity contribution in [1.82, 2.24) is 9.55 Å². The molecule has 1 fully saturated rings. The van der Waals surface area contributed by atoms with E-state index in [-0.39, 0.29) is 0 Å². The fourth-order valence-corrected chi connectivity index (χ4v) is 2.05. The summed E-state index contributed by atoms with van der Waals surface area (Å²) in [6, 6.07) is 0. The molecule has 0 spiro atoms. The van der Waals surface area contributed by atoms with Crippen LogP contribution >= 0.6 is 0 Å². The first kappa shape index (κ1) is 13.9. The second-order valence-corrected chi connectivity index (χ2v) is 4.36. The maximum absolute atomic E-state index is 13.9. The fraction of sp³-hybridized carbons (Fsp3) is 0.636. The first-order valence-electron chi connectivity index (χ1n) is 5.92. The lowest BCUT2D eigenvalue weighted by Crippen LogP contribution is -2.37. The summed E-state index contributed by atoms with van der Waals surface area (Å²) in [6.07, 6.45) is -4.24. The molecule has 0 amide bonds. The number of aliphatic hydroxyl groups is 2. The Kier molecular flexibility index (Phi) is 3.83. The Balaban J connectivity index is 2.43. The zero-order valence-electron chi connectivity index (χ0n) is 10.2. The fourth-order valence-electron chi connectivity index (χ4n) is 2.05. The van der Waals surface area contributed by atoms with Crippen molar-refractivity contribution in [2.75, 3.05) is 6.61 Å². The molecular weight excluding hydrogens is 259 g/mol. The van der Waals surface area contributed by atoms with E-state index >= 15 is 0 Å². The van der Waals surface area contributed by atoms with Crippen LogP contribution in [0.1, 0.15) is 18.7 Å². The number of ether oxygens (including phenoxy) is 1. The number of alkyl halides is 1. The highest BCUT2D eigenvalue weighted by molar-refractivity contribution is 5.05. The number of hydrogen-bond donors (Lipinski definition) is 3. The number of hydrogen-bond acceptors (Lipinski definition) is 5. The van der Waals surface area contributed by atoms with E-state index in [2.05, 4.69) is 4.98 Å². The average molecular weight is 274 g/mol. The Morgan fingerprint density at radius 2 is 2.21 bits per heavy atom. The van der Waals surface area contributed by atoms with Gasteiger partial charge in [0.2, 0.25) is 0 Å². The van der Waals surface area contributed by atoms with Crippen LogP contribution in [0.2, 0.25) is 0 Å². The van der Waals surface area contributed by atoms with E-state index in [0.29, 0.717) is 12.0 Å². The van der Waals surface area contributed by atoms with Crippen molar-refractivity contribution < 1.29 is 19.3 Å². The summed E-state index contributed by atoms with van der Waals surface area (Å²) >= 11 is 0. The SMILES string of the molecule is CCc1cn([C@@H]2O[C@H](CO)[C@H](O)[C@@H]2F)c(=O)[nH]c1=O.